The van der Waals surface area contributed by atoms with Crippen molar-refractivity contribution in [3.8, 4) is 5.75 Å². The van der Waals surface area contributed by atoms with Gasteiger partial charge in [0.15, 0.2) is 5.13 Å². The highest BCUT2D eigenvalue weighted by atomic mass is 32.2. The van der Waals surface area contributed by atoms with Crippen LogP contribution in [0.4, 0.5) is 5.13 Å². The van der Waals surface area contributed by atoms with E-state index in [2.05, 4.69) is 12.1 Å². The van der Waals surface area contributed by atoms with Crippen LogP contribution in [-0.2, 0) is 11.3 Å². The molecule has 0 radical (unpaired) electrons. The lowest BCUT2D eigenvalue weighted by Gasteiger charge is -2.18. The molecule has 0 saturated carbocycles. The van der Waals surface area contributed by atoms with Crippen molar-refractivity contribution in [1.29, 1.82) is 0 Å². The van der Waals surface area contributed by atoms with Gasteiger partial charge in [0.25, 0.3) is 0 Å². The van der Waals surface area contributed by atoms with Gasteiger partial charge < -0.3 is 9.15 Å². The molecule has 4 aromatic rings. The van der Waals surface area contributed by atoms with E-state index in [4.69, 9.17) is 14.1 Å². The van der Waals surface area contributed by atoms with Crippen molar-refractivity contribution in [2.45, 2.75) is 24.8 Å². The summed E-state index contributed by atoms with van der Waals surface area (Å²) in [6.45, 7) is 2.87. The summed E-state index contributed by atoms with van der Waals surface area (Å²) in [6, 6.07) is 19.7. The van der Waals surface area contributed by atoms with Gasteiger partial charge in [-0.25, -0.2) is 4.98 Å². The maximum atomic E-state index is 13.2. The van der Waals surface area contributed by atoms with Gasteiger partial charge in [-0.05, 0) is 43.3 Å². The Morgan fingerprint density at radius 2 is 2.00 bits per heavy atom. The molecular weight excluding hydrogens is 416 g/mol. The van der Waals surface area contributed by atoms with Crippen LogP contribution in [0.3, 0.4) is 0 Å². The number of carbonyl (C=O) groups excluding carboxylic acids is 1. The van der Waals surface area contributed by atoms with E-state index in [-0.39, 0.29) is 5.91 Å². The quantitative estimate of drug-likeness (QED) is 0.300. The average molecular weight is 439 g/mol. The fraction of sp³-hybridized carbons (Fsp3) is 0.217. The fourth-order valence-electron chi connectivity index (χ4n) is 3.03. The summed E-state index contributed by atoms with van der Waals surface area (Å²) >= 11 is 3.17. The number of furan rings is 1. The van der Waals surface area contributed by atoms with Crippen LogP contribution in [0.2, 0.25) is 0 Å². The number of hydrogen-bond acceptors (Lipinski definition) is 6. The van der Waals surface area contributed by atoms with E-state index >= 15 is 0 Å². The molecule has 0 aliphatic heterocycles. The minimum Gasteiger partial charge on any atom is -0.492 e. The van der Waals surface area contributed by atoms with Crippen molar-refractivity contribution < 1.29 is 13.9 Å². The van der Waals surface area contributed by atoms with Crippen LogP contribution >= 0.6 is 23.1 Å². The highest BCUT2D eigenvalue weighted by Gasteiger charge is 2.22. The molecule has 7 heteroatoms. The number of fused-ring (bicyclic) bond motifs is 1. The molecule has 0 aliphatic carbocycles. The van der Waals surface area contributed by atoms with Crippen molar-refractivity contribution in [2.75, 3.05) is 17.3 Å². The molecule has 154 valence electrons. The first-order chi connectivity index (χ1) is 14.7. The molecule has 0 bridgehead atoms. The minimum absolute atomic E-state index is 0.0202. The van der Waals surface area contributed by atoms with Crippen molar-refractivity contribution in [3.05, 3.63) is 72.7 Å². The molecule has 5 nitrogen and oxygen atoms in total. The van der Waals surface area contributed by atoms with E-state index < -0.39 is 0 Å². The van der Waals surface area contributed by atoms with Crippen molar-refractivity contribution in [2.24, 2.45) is 0 Å². The van der Waals surface area contributed by atoms with E-state index in [1.807, 2.05) is 55.5 Å². The van der Waals surface area contributed by atoms with Crippen LogP contribution in [0.25, 0.3) is 10.2 Å². The topological polar surface area (TPSA) is 55.6 Å². The lowest BCUT2D eigenvalue weighted by Crippen LogP contribution is -2.30. The number of thioether (sulfide) groups is 1. The summed E-state index contributed by atoms with van der Waals surface area (Å²) < 4.78 is 12.2. The Bertz CT molecular complexity index is 1090. The predicted octanol–water partition coefficient (Wildman–Crippen LogP) is 6.00. The van der Waals surface area contributed by atoms with Gasteiger partial charge in [-0.2, -0.15) is 0 Å². The van der Waals surface area contributed by atoms with Gasteiger partial charge in [0.05, 0.1) is 24.1 Å². The van der Waals surface area contributed by atoms with Crippen LogP contribution in [0.1, 0.15) is 19.1 Å². The molecule has 0 fully saturated rings. The lowest BCUT2D eigenvalue weighted by molar-refractivity contribution is -0.118. The molecule has 2 aromatic heterocycles. The minimum atomic E-state index is 0.0202. The summed E-state index contributed by atoms with van der Waals surface area (Å²) in [5.74, 6) is 2.18. The molecule has 4 rings (SSSR count). The van der Waals surface area contributed by atoms with Crippen molar-refractivity contribution >= 4 is 44.4 Å². The highest BCUT2D eigenvalue weighted by molar-refractivity contribution is 7.99. The largest absolute Gasteiger partial charge is 0.492 e. The Balaban J connectivity index is 1.55. The Morgan fingerprint density at radius 1 is 1.13 bits per heavy atom. The number of benzene rings is 2. The summed E-state index contributed by atoms with van der Waals surface area (Å²) in [5, 5.41) is 0.656. The molecule has 30 heavy (non-hydrogen) atoms. The summed E-state index contributed by atoms with van der Waals surface area (Å²) in [5.41, 5.74) is 0.787. The number of rotatable bonds is 9. The van der Waals surface area contributed by atoms with E-state index in [0.717, 1.165) is 26.6 Å². The van der Waals surface area contributed by atoms with Gasteiger partial charge in [-0.1, -0.05) is 35.6 Å². The average Bonchev–Trinajstić information content (AvgIpc) is 3.43. The Morgan fingerprint density at radius 3 is 2.77 bits per heavy atom. The zero-order valence-electron chi connectivity index (χ0n) is 16.6. The monoisotopic (exact) mass is 438 g/mol. The maximum Gasteiger partial charge on any atom is 0.230 e. The third-order valence-electron chi connectivity index (χ3n) is 4.42. The molecule has 0 unspecified atom stereocenters. The van der Waals surface area contributed by atoms with Crippen LogP contribution in [-0.4, -0.2) is 23.3 Å². The molecule has 2 aromatic carbocycles. The zero-order chi connectivity index (χ0) is 20.8. The van der Waals surface area contributed by atoms with Crippen LogP contribution < -0.4 is 9.64 Å². The summed E-state index contributed by atoms with van der Waals surface area (Å²) in [4.78, 5) is 20.8. The first kappa shape index (κ1) is 20.5. The number of carbonyl (C=O) groups is 1. The Kier molecular flexibility index (Phi) is 6.71. The maximum absolute atomic E-state index is 13.2. The number of amides is 1. The van der Waals surface area contributed by atoms with E-state index in [1.54, 1.807) is 22.9 Å². The second kappa shape index (κ2) is 9.82. The number of thiazole rings is 1. The molecule has 0 atom stereocenters. The van der Waals surface area contributed by atoms with Gasteiger partial charge in [-0.15, -0.1) is 11.8 Å². The van der Waals surface area contributed by atoms with Gasteiger partial charge >= 0.3 is 0 Å². The first-order valence-corrected chi connectivity index (χ1v) is 11.6. The second-order valence-electron chi connectivity index (χ2n) is 6.50. The van der Waals surface area contributed by atoms with Crippen LogP contribution in [0.15, 0.2) is 76.2 Å². The Labute approximate surface area is 183 Å². The van der Waals surface area contributed by atoms with Crippen molar-refractivity contribution in [3.63, 3.8) is 0 Å². The third kappa shape index (κ3) is 4.86. The predicted molar refractivity (Wildman–Crippen MR) is 122 cm³/mol. The molecule has 0 N–H and O–H groups in total. The summed E-state index contributed by atoms with van der Waals surface area (Å²) in [7, 11) is 0. The van der Waals surface area contributed by atoms with Crippen LogP contribution in [0, 0.1) is 0 Å². The molecule has 0 aliphatic rings. The van der Waals surface area contributed by atoms with E-state index in [1.165, 1.54) is 11.3 Å². The third-order valence-corrected chi connectivity index (χ3v) is 6.48. The van der Waals surface area contributed by atoms with Gasteiger partial charge in [0.1, 0.15) is 17.0 Å². The zero-order valence-corrected chi connectivity index (χ0v) is 18.2. The first-order valence-electron chi connectivity index (χ1n) is 9.77. The lowest BCUT2D eigenvalue weighted by atomic mass is 10.3. The highest BCUT2D eigenvalue weighted by Crippen LogP contribution is 2.35. The Hall–Kier alpha value is -2.77. The molecule has 1 amide bonds. The van der Waals surface area contributed by atoms with E-state index in [9.17, 15) is 4.79 Å². The number of nitrogens with zero attached hydrogens (tertiary/aromatic N) is 2. The fourth-order valence-corrected chi connectivity index (χ4v) is 4.89. The van der Waals surface area contributed by atoms with Gasteiger partial charge in [-0.3, -0.25) is 9.69 Å². The number of ether oxygens (including phenoxy) is 1. The van der Waals surface area contributed by atoms with Crippen LogP contribution in [0.5, 0.6) is 5.75 Å². The molecule has 0 spiro atoms. The van der Waals surface area contributed by atoms with Crippen molar-refractivity contribution in [1.82, 2.24) is 4.98 Å². The number of hydrogen-bond donors (Lipinski definition) is 0. The normalized spacial score (nSPS) is 11.0. The van der Waals surface area contributed by atoms with Gasteiger partial charge in [0, 0.05) is 17.1 Å². The number of para-hydroxylation sites is 1. The molecular formula is C23H22N2O3S2. The molecule has 2 heterocycles. The molecule has 0 saturated heterocycles. The number of anilines is 1. The number of aromatic nitrogens is 1. The van der Waals surface area contributed by atoms with E-state index in [0.29, 0.717) is 30.5 Å². The second-order valence-corrected chi connectivity index (χ2v) is 8.68. The summed E-state index contributed by atoms with van der Waals surface area (Å²) in [6.07, 6.45) is 2.03. The smallest absolute Gasteiger partial charge is 0.230 e. The standard InChI is InChI=1S/C23H22N2O3S2/c1-2-27-19-11-6-12-20-22(19)24-23(30-20)25(16-17-8-7-14-28-17)21(26)13-15-29-18-9-4-3-5-10-18/h3-12,14H,2,13,15-16H2,1H3. The van der Waals surface area contributed by atoms with Gasteiger partial charge in [0.2, 0.25) is 5.91 Å². The SMILES string of the molecule is CCOc1cccc2sc(N(Cc3ccco3)C(=O)CCSc3ccccc3)nc12.